The maximum absolute atomic E-state index is 5.96. The predicted molar refractivity (Wildman–Crippen MR) is 123 cm³/mol. The van der Waals surface area contributed by atoms with Gasteiger partial charge in [-0.2, -0.15) is 0 Å². The van der Waals surface area contributed by atoms with Crippen LogP contribution in [0.5, 0.6) is 11.5 Å². The second-order valence-corrected chi connectivity index (χ2v) is 7.01. The first-order chi connectivity index (χ1) is 12.6. The molecule has 1 aromatic rings. The molecule has 0 aliphatic carbocycles. The number of halogens is 1. The van der Waals surface area contributed by atoms with Crippen molar-refractivity contribution >= 4 is 29.9 Å². The van der Waals surface area contributed by atoms with Gasteiger partial charge in [0.05, 0.1) is 13.7 Å². The Balaban J connectivity index is 0.00000364. The Bertz CT molecular complexity index is 571. The average Bonchev–Trinajstić information content (AvgIpc) is 2.65. The van der Waals surface area contributed by atoms with Gasteiger partial charge in [-0.05, 0) is 44.4 Å². The van der Waals surface area contributed by atoms with Gasteiger partial charge in [-0.15, -0.1) is 24.0 Å². The fourth-order valence-corrected chi connectivity index (χ4v) is 3.26. The number of para-hydroxylation sites is 2. The first-order valence-corrected chi connectivity index (χ1v) is 9.59. The van der Waals surface area contributed by atoms with E-state index in [1.165, 1.54) is 25.9 Å². The smallest absolute Gasteiger partial charge is 0.191 e. The number of rotatable bonds is 8. The van der Waals surface area contributed by atoms with E-state index in [9.17, 15) is 0 Å². The van der Waals surface area contributed by atoms with Crippen molar-refractivity contribution in [1.82, 2.24) is 15.5 Å². The van der Waals surface area contributed by atoms with Crippen molar-refractivity contribution in [2.24, 2.45) is 10.9 Å². The summed E-state index contributed by atoms with van der Waals surface area (Å²) in [5.41, 5.74) is 0. The molecule has 0 saturated carbocycles. The highest BCUT2D eigenvalue weighted by Crippen LogP contribution is 2.26. The molecule has 7 heteroatoms. The Morgan fingerprint density at radius 3 is 2.70 bits per heavy atom. The highest BCUT2D eigenvalue weighted by molar-refractivity contribution is 14.0. The van der Waals surface area contributed by atoms with Crippen molar-refractivity contribution in [1.29, 1.82) is 0 Å². The van der Waals surface area contributed by atoms with E-state index < -0.39 is 0 Å². The Labute approximate surface area is 181 Å². The van der Waals surface area contributed by atoms with Crippen LogP contribution < -0.4 is 20.1 Å². The molecule has 1 heterocycles. The number of piperidine rings is 1. The number of benzene rings is 1. The van der Waals surface area contributed by atoms with Crippen molar-refractivity contribution in [2.75, 3.05) is 46.9 Å². The highest BCUT2D eigenvalue weighted by atomic mass is 127. The summed E-state index contributed by atoms with van der Waals surface area (Å²) in [6, 6.07) is 7.70. The second kappa shape index (κ2) is 13.0. The van der Waals surface area contributed by atoms with E-state index in [-0.39, 0.29) is 30.1 Å². The fraction of sp³-hybridized carbons (Fsp3) is 0.650. The van der Waals surface area contributed by atoms with Crippen LogP contribution >= 0.6 is 24.0 Å². The molecule has 1 saturated heterocycles. The fourth-order valence-electron chi connectivity index (χ4n) is 3.26. The monoisotopic (exact) mass is 490 g/mol. The van der Waals surface area contributed by atoms with Gasteiger partial charge >= 0.3 is 0 Å². The zero-order chi connectivity index (χ0) is 18.8. The molecule has 0 radical (unpaired) electrons. The minimum atomic E-state index is -0.00667. The van der Waals surface area contributed by atoms with Crippen LogP contribution in [-0.4, -0.2) is 63.8 Å². The summed E-state index contributed by atoms with van der Waals surface area (Å²) in [5.74, 6) is 3.13. The topological polar surface area (TPSA) is 58.1 Å². The third kappa shape index (κ3) is 8.55. The number of hydrogen-bond donors (Lipinski definition) is 2. The SMILES string of the molecule is CN=C(NCCN1CCCC(C)C1)NCC(C)Oc1ccccc1OC.I. The molecule has 1 aromatic carbocycles. The van der Waals surface area contributed by atoms with E-state index in [1.807, 2.05) is 31.2 Å². The Morgan fingerprint density at radius 2 is 2.04 bits per heavy atom. The molecule has 27 heavy (non-hydrogen) atoms. The van der Waals surface area contributed by atoms with E-state index in [1.54, 1.807) is 14.2 Å². The van der Waals surface area contributed by atoms with E-state index >= 15 is 0 Å². The number of methoxy groups -OCH3 is 1. The van der Waals surface area contributed by atoms with Crippen LogP contribution in [0.25, 0.3) is 0 Å². The molecule has 1 fully saturated rings. The molecule has 154 valence electrons. The predicted octanol–water partition coefficient (Wildman–Crippen LogP) is 2.98. The normalized spacial score (nSPS) is 19.0. The van der Waals surface area contributed by atoms with Gasteiger partial charge in [0, 0.05) is 26.7 Å². The number of hydrogen-bond acceptors (Lipinski definition) is 4. The summed E-state index contributed by atoms with van der Waals surface area (Å²) in [7, 11) is 3.45. The molecular formula is C20H35IN4O2. The molecule has 2 unspecified atom stereocenters. The van der Waals surface area contributed by atoms with Gasteiger partial charge in [0.25, 0.3) is 0 Å². The zero-order valence-corrected chi connectivity index (χ0v) is 19.4. The maximum Gasteiger partial charge on any atom is 0.191 e. The van der Waals surface area contributed by atoms with Crippen LogP contribution in [0, 0.1) is 5.92 Å². The minimum absolute atomic E-state index is 0. The van der Waals surface area contributed by atoms with E-state index in [4.69, 9.17) is 9.47 Å². The summed E-state index contributed by atoms with van der Waals surface area (Å²) >= 11 is 0. The zero-order valence-electron chi connectivity index (χ0n) is 17.0. The number of nitrogens with one attached hydrogen (secondary N) is 2. The van der Waals surface area contributed by atoms with Gasteiger partial charge < -0.3 is 25.0 Å². The largest absolute Gasteiger partial charge is 0.493 e. The number of guanidine groups is 1. The third-order valence-corrected chi connectivity index (χ3v) is 4.64. The molecule has 0 spiro atoms. The number of likely N-dealkylation sites (tertiary alicyclic amines) is 1. The Kier molecular flexibility index (Phi) is 11.5. The van der Waals surface area contributed by atoms with E-state index in [2.05, 4.69) is 27.4 Å². The molecule has 1 aliphatic heterocycles. The lowest BCUT2D eigenvalue weighted by Crippen LogP contribution is -2.45. The first kappa shape index (κ1) is 23.8. The molecule has 2 rings (SSSR count). The summed E-state index contributed by atoms with van der Waals surface area (Å²) in [6.45, 7) is 9.40. The minimum Gasteiger partial charge on any atom is -0.493 e. The van der Waals surface area contributed by atoms with Crippen LogP contribution in [0.1, 0.15) is 26.7 Å². The summed E-state index contributed by atoms with van der Waals surface area (Å²) < 4.78 is 11.3. The highest BCUT2D eigenvalue weighted by Gasteiger charge is 2.15. The summed E-state index contributed by atoms with van der Waals surface area (Å²) in [5, 5.41) is 6.72. The quantitative estimate of drug-likeness (QED) is 0.334. The van der Waals surface area contributed by atoms with Crippen LogP contribution in [-0.2, 0) is 0 Å². The van der Waals surface area contributed by atoms with Crippen LogP contribution in [0.2, 0.25) is 0 Å². The third-order valence-electron chi connectivity index (χ3n) is 4.64. The lowest BCUT2D eigenvalue weighted by Gasteiger charge is -2.30. The average molecular weight is 490 g/mol. The lowest BCUT2D eigenvalue weighted by atomic mass is 10.0. The van der Waals surface area contributed by atoms with Crippen molar-refractivity contribution in [3.05, 3.63) is 24.3 Å². The maximum atomic E-state index is 5.96. The standard InChI is InChI=1S/C20H34N4O2.HI/c1-16-8-7-12-24(15-16)13-11-22-20(21-3)23-14-17(2)26-19-10-6-5-9-18(19)25-4;/h5-6,9-10,16-17H,7-8,11-15H2,1-4H3,(H2,21,22,23);1H. The van der Waals surface area contributed by atoms with Crippen molar-refractivity contribution in [3.8, 4) is 11.5 Å². The van der Waals surface area contributed by atoms with E-state index in [0.717, 1.165) is 36.5 Å². The summed E-state index contributed by atoms with van der Waals surface area (Å²) in [4.78, 5) is 6.82. The van der Waals surface area contributed by atoms with Gasteiger partial charge in [0.15, 0.2) is 17.5 Å². The molecule has 1 aliphatic rings. The molecule has 0 amide bonds. The van der Waals surface area contributed by atoms with Crippen molar-refractivity contribution in [2.45, 2.75) is 32.8 Å². The molecule has 2 atom stereocenters. The van der Waals surface area contributed by atoms with E-state index in [0.29, 0.717) is 6.54 Å². The first-order valence-electron chi connectivity index (χ1n) is 9.59. The molecular weight excluding hydrogens is 455 g/mol. The van der Waals surface area contributed by atoms with Gasteiger partial charge in [0.1, 0.15) is 6.10 Å². The Morgan fingerprint density at radius 1 is 1.30 bits per heavy atom. The van der Waals surface area contributed by atoms with Gasteiger partial charge in [-0.25, -0.2) is 0 Å². The molecule has 0 bridgehead atoms. The Hall–Kier alpha value is -1.22. The lowest BCUT2D eigenvalue weighted by molar-refractivity contribution is 0.186. The second-order valence-electron chi connectivity index (χ2n) is 7.01. The number of nitrogens with zero attached hydrogens (tertiary/aromatic N) is 2. The summed E-state index contributed by atoms with van der Waals surface area (Å²) in [6.07, 6.45) is 2.66. The van der Waals surface area contributed by atoms with Gasteiger partial charge in [0.2, 0.25) is 0 Å². The molecule has 0 aromatic heterocycles. The van der Waals surface area contributed by atoms with Crippen molar-refractivity contribution < 1.29 is 9.47 Å². The number of ether oxygens (including phenoxy) is 2. The molecule has 6 nitrogen and oxygen atoms in total. The van der Waals surface area contributed by atoms with Crippen molar-refractivity contribution in [3.63, 3.8) is 0 Å². The van der Waals surface area contributed by atoms with Gasteiger partial charge in [-0.1, -0.05) is 19.1 Å². The van der Waals surface area contributed by atoms with Crippen LogP contribution in [0.3, 0.4) is 0 Å². The van der Waals surface area contributed by atoms with Crippen LogP contribution in [0.15, 0.2) is 29.3 Å². The molecule has 2 N–H and O–H groups in total. The van der Waals surface area contributed by atoms with Crippen LogP contribution in [0.4, 0.5) is 0 Å². The number of aliphatic imine (C=N–C) groups is 1. The van der Waals surface area contributed by atoms with Gasteiger partial charge in [-0.3, -0.25) is 4.99 Å².